The van der Waals surface area contributed by atoms with Crippen LogP contribution in [0, 0.1) is 20.8 Å². The molecule has 1 heterocycles. The molecule has 0 bridgehead atoms. The van der Waals surface area contributed by atoms with Crippen molar-refractivity contribution in [3.05, 3.63) is 51.8 Å². The number of aryl methyl sites for hydroxylation is 4. The molecule has 0 unspecified atom stereocenters. The summed E-state index contributed by atoms with van der Waals surface area (Å²) in [5.41, 5.74) is 4.25. The molecule has 2 rings (SSSR count). The van der Waals surface area contributed by atoms with Gasteiger partial charge in [0.2, 0.25) is 11.8 Å². The van der Waals surface area contributed by atoms with Gasteiger partial charge in [-0.05, 0) is 44.4 Å². The fourth-order valence-electron chi connectivity index (χ4n) is 2.98. The Balaban J connectivity index is 2.00. The number of benzene rings is 1. The van der Waals surface area contributed by atoms with Crippen LogP contribution >= 0.6 is 11.6 Å². The van der Waals surface area contributed by atoms with E-state index in [1.54, 1.807) is 17.8 Å². The molecule has 2 amide bonds. The Morgan fingerprint density at radius 2 is 1.90 bits per heavy atom. The lowest BCUT2D eigenvalue weighted by atomic mass is 10.1. The van der Waals surface area contributed by atoms with E-state index in [4.69, 9.17) is 11.6 Å². The Hall–Kier alpha value is -2.60. The Morgan fingerprint density at radius 1 is 1.24 bits per heavy atom. The lowest BCUT2D eigenvalue weighted by Crippen LogP contribution is -2.34. The molecule has 156 valence electrons. The molecule has 0 atom stereocenters. The Bertz CT molecular complexity index is 898. The number of hydrogen-bond acceptors (Lipinski definition) is 3. The fraction of sp³-hybridized carbons (Fsp3) is 0.409. The van der Waals surface area contributed by atoms with Gasteiger partial charge in [0.05, 0.1) is 12.2 Å². The first-order valence-corrected chi connectivity index (χ1v) is 10.1. The average molecular weight is 417 g/mol. The summed E-state index contributed by atoms with van der Waals surface area (Å²) in [4.78, 5) is 26.1. The van der Waals surface area contributed by atoms with Gasteiger partial charge in [-0.3, -0.25) is 14.3 Å². The van der Waals surface area contributed by atoms with E-state index >= 15 is 0 Å². The molecular weight excluding hydrogens is 388 g/mol. The van der Waals surface area contributed by atoms with Crippen molar-refractivity contribution in [1.29, 1.82) is 0 Å². The van der Waals surface area contributed by atoms with Crippen LogP contribution < -0.4 is 5.32 Å². The first-order chi connectivity index (χ1) is 13.7. The molecule has 0 aliphatic heterocycles. The first-order valence-electron chi connectivity index (χ1n) is 9.76. The third-order valence-electron chi connectivity index (χ3n) is 4.73. The predicted molar refractivity (Wildman–Crippen MR) is 118 cm³/mol. The summed E-state index contributed by atoms with van der Waals surface area (Å²) in [5, 5.41) is 7.84. The van der Waals surface area contributed by atoms with E-state index in [1.807, 2.05) is 39.0 Å². The largest absolute Gasteiger partial charge is 0.333 e. The van der Waals surface area contributed by atoms with Crippen molar-refractivity contribution in [2.45, 2.75) is 47.1 Å². The number of likely N-dealkylation sites (N-methyl/N-ethyl adjacent to an activating group) is 1. The zero-order chi connectivity index (χ0) is 21.6. The van der Waals surface area contributed by atoms with E-state index in [1.165, 1.54) is 11.0 Å². The van der Waals surface area contributed by atoms with E-state index in [0.29, 0.717) is 5.15 Å². The molecule has 0 saturated carbocycles. The summed E-state index contributed by atoms with van der Waals surface area (Å²) in [6.45, 7) is 8.55. The summed E-state index contributed by atoms with van der Waals surface area (Å²) in [6, 6.07) is 5.82. The van der Waals surface area contributed by atoms with Crippen LogP contribution in [-0.4, -0.2) is 40.1 Å². The molecule has 0 aliphatic carbocycles. The zero-order valence-electron chi connectivity index (χ0n) is 17.8. The van der Waals surface area contributed by atoms with Gasteiger partial charge in [-0.2, -0.15) is 5.10 Å². The van der Waals surface area contributed by atoms with E-state index < -0.39 is 0 Å². The number of rotatable bonds is 8. The Kier molecular flexibility index (Phi) is 8.02. The van der Waals surface area contributed by atoms with Crippen LogP contribution in [0.5, 0.6) is 0 Å². The van der Waals surface area contributed by atoms with E-state index in [2.05, 4.69) is 17.3 Å². The monoisotopic (exact) mass is 416 g/mol. The van der Waals surface area contributed by atoms with Gasteiger partial charge in [-0.15, -0.1) is 0 Å². The van der Waals surface area contributed by atoms with E-state index in [0.717, 1.165) is 47.5 Å². The highest BCUT2D eigenvalue weighted by molar-refractivity contribution is 6.31. The minimum absolute atomic E-state index is 0.0422. The van der Waals surface area contributed by atoms with Crippen molar-refractivity contribution >= 4 is 35.2 Å². The molecule has 6 nitrogen and oxygen atoms in total. The molecule has 1 N–H and O–H groups in total. The normalized spacial score (nSPS) is 11.1. The molecule has 7 heteroatoms. The molecule has 0 radical (unpaired) electrons. The topological polar surface area (TPSA) is 67.2 Å². The lowest BCUT2D eigenvalue weighted by molar-refractivity contribution is -0.129. The molecule has 1 aromatic heterocycles. The SMILES string of the molecule is CCCCn1nc(C)c(/C=C/C(=O)N(C)CC(=O)Nc2c(C)cccc2C)c1Cl. The van der Waals surface area contributed by atoms with Crippen LogP contribution in [0.1, 0.15) is 42.1 Å². The number of amides is 2. The molecule has 2 aromatic rings. The lowest BCUT2D eigenvalue weighted by Gasteiger charge is -2.16. The number of para-hydroxylation sites is 1. The van der Waals surface area contributed by atoms with E-state index in [9.17, 15) is 9.59 Å². The number of halogens is 1. The van der Waals surface area contributed by atoms with Crippen LogP contribution in [0.2, 0.25) is 5.15 Å². The van der Waals surface area contributed by atoms with Gasteiger partial charge < -0.3 is 10.2 Å². The quantitative estimate of drug-likeness (QED) is 0.649. The molecular formula is C22H29ClN4O2. The van der Waals surface area contributed by atoms with Crippen molar-refractivity contribution in [3.8, 4) is 0 Å². The number of carbonyl (C=O) groups is 2. The number of nitrogens with one attached hydrogen (secondary N) is 1. The van der Waals surface area contributed by atoms with Gasteiger partial charge in [0.15, 0.2) is 0 Å². The molecule has 0 aliphatic rings. The van der Waals surface area contributed by atoms with Crippen molar-refractivity contribution in [2.24, 2.45) is 0 Å². The van der Waals surface area contributed by atoms with Crippen LogP contribution in [0.25, 0.3) is 6.08 Å². The van der Waals surface area contributed by atoms with Gasteiger partial charge in [0.25, 0.3) is 0 Å². The number of unbranched alkanes of at least 4 members (excludes halogenated alkanes) is 1. The second-order valence-electron chi connectivity index (χ2n) is 7.21. The number of anilines is 1. The fourth-order valence-corrected chi connectivity index (χ4v) is 3.30. The van der Waals surface area contributed by atoms with Gasteiger partial charge in [-0.1, -0.05) is 43.1 Å². The predicted octanol–water partition coefficient (Wildman–Crippen LogP) is 4.37. The summed E-state index contributed by atoms with van der Waals surface area (Å²) in [7, 11) is 1.59. The smallest absolute Gasteiger partial charge is 0.246 e. The zero-order valence-corrected chi connectivity index (χ0v) is 18.5. The number of aromatic nitrogens is 2. The second-order valence-corrected chi connectivity index (χ2v) is 7.57. The maximum absolute atomic E-state index is 12.4. The minimum atomic E-state index is -0.279. The number of carbonyl (C=O) groups excluding carboxylic acids is 2. The van der Waals surface area contributed by atoms with Gasteiger partial charge in [0, 0.05) is 30.9 Å². The second kappa shape index (κ2) is 10.3. The molecule has 0 saturated heterocycles. The van der Waals surface area contributed by atoms with Crippen molar-refractivity contribution in [1.82, 2.24) is 14.7 Å². The highest BCUT2D eigenvalue weighted by Gasteiger charge is 2.14. The minimum Gasteiger partial charge on any atom is -0.333 e. The van der Waals surface area contributed by atoms with Crippen molar-refractivity contribution < 1.29 is 9.59 Å². The van der Waals surface area contributed by atoms with Gasteiger partial charge >= 0.3 is 0 Å². The number of hydrogen-bond donors (Lipinski definition) is 1. The Labute approximate surface area is 177 Å². The highest BCUT2D eigenvalue weighted by Crippen LogP contribution is 2.22. The molecule has 0 fully saturated rings. The standard InChI is InChI=1S/C22H29ClN4O2/c1-6-7-13-27-22(23)18(17(4)25-27)11-12-20(29)26(5)14-19(28)24-21-15(2)9-8-10-16(21)3/h8-12H,6-7,13-14H2,1-5H3,(H,24,28)/b12-11+. The summed E-state index contributed by atoms with van der Waals surface area (Å²) < 4.78 is 1.76. The van der Waals surface area contributed by atoms with E-state index in [-0.39, 0.29) is 18.4 Å². The average Bonchev–Trinajstić information content (AvgIpc) is 2.94. The summed E-state index contributed by atoms with van der Waals surface area (Å²) in [6.07, 6.45) is 5.12. The van der Waals surface area contributed by atoms with Crippen LogP contribution in [0.3, 0.4) is 0 Å². The van der Waals surface area contributed by atoms with Crippen LogP contribution in [-0.2, 0) is 16.1 Å². The molecule has 0 spiro atoms. The maximum Gasteiger partial charge on any atom is 0.246 e. The van der Waals surface area contributed by atoms with Crippen LogP contribution in [0.15, 0.2) is 24.3 Å². The molecule has 29 heavy (non-hydrogen) atoms. The van der Waals surface area contributed by atoms with Crippen LogP contribution in [0.4, 0.5) is 5.69 Å². The van der Waals surface area contributed by atoms with Gasteiger partial charge in [0.1, 0.15) is 5.15 Å². The Morgan fingerprint density at radius 3 is 2.52 bits per heavy atom. The first kappa shape index (κ1) is 22.7. The molecule has 1 aromatic carbocycles. The maximum atomic E-state index is 12.4. The number of nitrogens with zero attached hydrogens (tertiary/aromatic N) is 3. The van der Waals surface area contributed by atoms with Gasteiger partial charge in [-0.25, -0.2) is 0 Å². The summed E-state index contributed by atoms with van der Waals surface area (Å²) >= 11 is 6.39. The highest BCUT2D eigenvalue weighted by atomic mass is 35.5. The van der Waals surface area contributed by atoms with Crippen molar-refractivity contribution in [2.75, 3.05) is 18.9 Å². The van der Waals surface area contributed by atoms with Crippen molar-refractivity contribution in [3.63, 3.8) is 0 Å². The third kappa shape index (κ3) is 5.94. The summed E-state index contributed by atoms with van der Waals surface area (Å²) in [5.74, 6) is -0.522. The third-order valence-corrected chi connectivity index (χ3v) is 5.13.